The van der Waals surface area contributed by atoms with Crippen molar-refractivity contribution >= 4 is 11.7 Å². The summed E-state index contributed by atoms with van der Waals surface area (Å²) in [6, 6.07) is 11.2. The zero-order valence-corrected chi connectivity index (χ0v) is 18.7. The largest absolute Gasteiger partial charge is 0.478 e. The van der Waals surface area contributed by atoms with Crippen LogP contribution >= 0.6 is 0 Å². The minimum Gasteiger partial charge on any atom is -0.478 e. The molecule has 5 nitrogen and oxygen atoms in total. The summed E-state index contributed by atoms with van der Waals surface area (Å²) in [5, 5.41) is 13.6. The molecule has 3 rings (SSSR count). The smallest absolute Gasteiger partial charge is 0.335 e. The summed E-state index contributed by atoms with van der Waals surface area (Å²) in [7, 11) is 0. The monoisotopic (exact) mass is 408 g/mol. The lowest BCUT2D eigenvalue weighted by atomic mass is 9.62. The van der Waals surface area contributed by atoms with E-state index in [1.165, 1.54) is 11.1 Å². The Labute approximate surface area is 178 Å². The van der Waals surface area contributed by atoms with Crippen molar-refractivity contribution in [2.24, 2.45) is 10.9 Å². The predicted molar refractivity (Wildman–Crippen MR) is 120 cm³/mol. The van der Waals surface area contributed by atoms with Gasteiger partial charge in [-0.3, -0.25) is 5.73 Å². The normalized spacial score (nSPS) is 18.4. The second-order valence-corrected chi connectivity index (χ2v) is 9.61. The van der Waals surface area contributed by atoms with Gasteiger partial charge in [-0.15, -0.1) is 0 Å². The third-order valence-corrected chi connectivity index (χ3v) is 6.17. The number of aryl methyl sites for hydroxylation is 1. The number of aromatic carboxylic acids is 1. The summed E-state index contributed by atoms with van der Waals surface area (Å²) >= 11 is 0. The van der Waals surface area contributed by atoms with Crippen LogP contribution in [0.5, 0.6) is 0 Å². The van der Waals surface area contributed by atoms with Gasteiger partial charge in [0.25, 0.3) is 0 Å². The molecule has 0 saturated carbocycles. The lowest BCUT2D eigenvalue weighted by molar-refractivity contribution is 0.0697. The van der Waals surface area contributed by atoms with E-state index in [-0.39, 0.29) is 16.4 Å². The summed E-state index contributed by atoms with van der Waals surface area (Å²) in [6.07, 6.45) is 1.72. The van der Waals surface area contributed by atoms with Crippen LogP contribution in [0, 0.1) is 6.92 Å². The summed E-state index contributed by atoms with van der Waals surface area (Å²) in [5.74, 6) is -0.958. The van der Waals surface area contributed by atoms with Gasteiger partial charge in [0.15, 0.2) is 6.23 Å². The van der Waals surface area contributed by atoms with Gasteiger partial charge in [0.2, 0.25) is 0 Å². The summed E-state index contributed by atoms with van der Waals surface area (Å²) < 4.78 is 0. The highest BCUT2D eigenvalue weighted by molar-refractivity contribution is 6.14. The SMILES string of the molecule is Cc1cc2c(cc1/C(=N/OC(C)N)c1ccc(C(=O)O)cc1)C(C)(C)CCC2(C)C. The minimum absolute atomic E-state index is 0.0631. The summed E-state index contributed by atoms with van der Waals surface area (Å²) in [6.45, 7) is 13.0. The molecule has 0 spiro atoms. The van der Waals surface area contributed by atoms with Crippen LogP contribution in [0.15, 0.2) is 41.6 Å². The molecule has 1 aliphatic carbocycles. The van der Waals surface area contributed by atoms with E-state index in [1.807, 2.05) is 0 Å². The van der Waals surface area contributed by atoms with Crippen LogP contribution in [0.2, 0.25) is 0 Å². The maximum atomic E-state index is 11.2. The Hall–Kier alpha value is -2.66. The molecule has 30 heavy (non-hydrogen) atoms. The van der Waals surface area contributed by atoms with E-state index in [0.29, 0.717) is 5.71 Å². The molecule has 0 amide bonds. The molecule has 0 heterocycles. The number of carbonyl (C=O) groups is 1. The number of nitrogens with two attached hydrogens (primary N) is 1. The van der Waals surface area contributed by atoms with Crippen molar-refractivity contribution in [1.82, 2.24) is 0 Å². The van der Waals surface area contributed by atoms with Crippen LogP contribution in [0.4, 0.5) is 0 Å². The van der Waals surface area contributed by atoms with E-state index in [2.05, 4.69) is 51.9 Å². The number of fused-ring (bicyclic) bond motifs is 1. The van der Waals surface area contributed by atoms with Gasteiger partial charge in [0.1, 0.15) is 5.71 Å². The third kappa shape index (κ3) is 4.26. The predicted octanol–water partition coefficient (Wildman–Crippen LogP) is 5.12. The van der Waals surface area contributed by atoms with Crippen molar-refractivity contribution in [2.75, 3.05) is 0 Å². The summed E-state index contributed by atoms with van der Waals surface area (Å²) in [5.41, 5.74) is 12.4. The van der Waals surface area contributed by atoms with Crippen LogP contribution in [-0.2, 0) is 15.7 Å². The average molecular weight is 409 g/mol. The maximum Gasteiger partial charge on any atom is 0.335 e. The molecule has 0 fully saturated rings. The van der Waals surface area contributed by atoms with Crippen molar-refractivity contribution in [3.05, 3.63) is 69.8 Å². The number of oxime groups is 1. The zero-order valence-electron chi connectivity index (χ0n) is 18.7. The highest BCUT2D eigenvalue weighted by Gasteiger charge is 2.37. The first-order chi connectivity index (χ1) is 13.9. The second kappa shape index (κ2) is 7.88. The van der Waals surface area contributed by atoms with Gasteiger partial charge < -0.3 is 9.94 Å². The first-order valence-electron chi connectivity index (χ1n) is 10.4. The first-order valence-corrected chi connectivity index (χ1v) is 10.4. The standard InChI is InChI=1S/C25H32N2O3/c1-15-13-20-21(25(5,6)12-11-24(20,3)4)14-19(15)22(27-30-16(2)26)17-7-9-18(10-8-17)23(28)29/h7-10,13-14,16H,11-12,26H2,1-6H3,(H,28,29)/b27-22+. The van der Waals surface area contributed by atoms with Gasteiger partial charge in [-0.1, -0.05) is 51.0 Å². The molecule has 0 bridgehead atoms. The molecule has 0 aromatic heterocycles. The highest BCUT2D eigenvalue weighted by atomic mass is 16.6. The number of hydrogen-bond acceptors (Lipinski definition) is 4. The van der Waals surface area contributed by atoms with Gasteiger partial charge in [-0.25, -0.2) is 4.79 Å². The van der Waals surface area contributed by atoms with Gasteiger partial charge in [0.05, 0.1) is 5.56 Å². The molecule has 1 aliphatic rings. The molecule has 0 radical (unpaired) electrons. The number of nitrogens with zero attached hydrogens (tertiary/aromatic N) is 1. The fourth-order valence-electron chi connectivity index (χ4n) is 4.14. The van der Waals surface area contributed by atoms with Crippen LogP contribution in [-0.4, -0.2) is 23.0 Å². The molecule has 2 aromatic rings. The fourth-order valence-corrected chi connectivity index (χ4v) is 4.14. The maximum absolute atomic E-state index is 11.2. The van der Waals surface area contributed by atoms with Crippen LogP contribution in [0.25, 0.3) is 0 Å². The molecule has 0 aliphatic heterocycles. The molecule has 0 saturated heterocycles. The van der Waals surface area contributed by atoms with Gasteiger partial charge in [0, 0.05) is 11.1 Å². The zero-order chi connectivity index (χ0) is 22.3. The van der Waals surface area contributed by atoms with E-state index in [0.717, 1.165) is 29.5 Å². The summed E-state index contributed by atoms with van der Waals surface area (Å²) in [4.78, 5) is 16.7. The van der Waals surface area contributed by atoms with E-state index >= 15 is 0 Å². The lowest BCUT2D eigenvalue weighted by Gasteiger charge is -2.42. The van der Waals surface area contributed by atoms with Crippen molar-refractivity contribution in [1.29, 1.82) is 0 Å². The van der Waals surface area contributed by atoms with Crippen molar-refractivity contribution in [2.45, 2.75) is 71.4 Å². The van der Waals surface area contributed by atoms with Crippen molar-refractivity contribution in [3.8, 4) is 0 Å². The third-order valence-electron chi connectivity index (χ3n) is 6.17. The van der Waals surface area contributed by atoms with Gasteiger partial charge >= 0.3 is 5.97 Å². The lowest BCUT2D eigenvalue weighted by Crippen LogP contribution is -2.34. The molecule has 160 valence electrons. The number of rotatable bonds is 5. The fraction of sp³-hybridized carbons (Fsp3) is 0.440. The number of carboxylic acid groups (broad SMARTS) is 1. The Morgan fingerprint density at radius 2 is 1.53 bits per heavy atom. The van der Waals surface area contributed by atoms with Crippen LogP contribution in [0.1, 0.15) is 85.6 Å². The molecule has 5 heteroatoms. The van der Waals surface area contributed by atoms with Crippen LogP contribution < -0.4 is 5.73 Å². The molecule has 1 atom stereocenters. The van der Waals surface area contributed by atoms with E-state index in [9.17, 15) is 9.90 Å². The minimum atomic E-state index is -0.958. The van der Waals surface area contributed by atoms with Gasteiger partial charge in [-0.2, -0.15) is 0 Å². The molecule has 1 unspecified atom stereocenters. The topological polar surface area (TPSA) is 84.9 Å². The quantitative estimate of drug-likeness (QED) is 0.409. The van der Waals surface area contributed by atoms with Gasteiger partial charge in [-0.05, 0) is 72.4 Å². The average Bonchev–Trinajstić information content (AvgIpc) is 2.66. The molecule has 3 N–H and O–H groups in total. The van der Waals surface area contributed by atoms with Crippen LogP contribution in [0.3, 0.4) is 0 Å². The Morgan fingerprint density at radius 3 is 2.03 bits per heavy atom. The Bertz CT molecular complexity index is 986. The Balaban J connectivity index is 2.19. The van der Waals surface area contributed by atoms with Crippen molar-refractivity contribution < 1.29 is 14.7 Å². The van der Waals surface area contributed by atoms with E-state index in [1.54, 1.807) is 31.2 Å². The Kier molecular flexibility index (Phi) is 5.79. The number of hydrogen-bond donors (Lipinski definition) is 2. The molecular weight excluding hydrogens is 376 g/mol. The number of benzene rings is 2. The van der Waals surface area contributed by atoms with E-state index < -0.39 is 12.2 Å². The van der Waals surface area contributed by atoms with E-state index in [4.69, 9.17) is 10.6 Å². The number of carboxylic acids is 1. The highest BCUT2D eigenvalue weighted by Crippen LogP contribution is 2.46. The Morgan fingerprint density at radius 1 is 1.03 bits per heavy atom. The van der Waals surface area contributed by atoms with Crippen molar-refractivity contribution in [3.63, 3.8) is 0 Å². The molecule has 2 aromatic carbocycles. The first kappa shape index (κ1) is 22.0. The second-order valence-electron chi connectivity index (χ2n) is 9.61. The molecular formula is C25H32N2O3.